The first-order chi connectivity index (χ1) is 10.9. The zero-order valence-corrected chi connectivity index (χ0v) is 12.7. The van der Waals surface area contributed by atoms with Gasteiger partial charge in [-0.25, -0.2) is 13.6 Å². The van der Waals surface area contributed by atoms with Crippen molar-refractivity contribution >= 4 is 22.6 Å². The van der Waals surface area contributed by atoms with Crippen LogP contribution in [0.5, 0.6) is 0 Å². The molecule has 0 unspecified atom stereocenters. The van der Waals surface area contributed by atoms with Crippen LogP contribution in [0.15, 0.2) is 17.1 Å². The number of carbonyl (C=O) groups is 1. The number of nitrogens with zero attached hydrogens (tertiary/aromatic N) is 1. The molecule has 0 aliphatic heterocycles. The Morgan fingerprint density at radius 1 is 1.35 bits per heavy atom. The Morgan fingerprint density at radius 2 is 2.04 bits per heavy atom. The second kappa shape index (κ2) is 6.74. The number of hydrogen-bond acceptors (Lipinski definition) is 4. The maximum atomic E-state index is 14.7. The highest BCUT2D eigenvalue weighted by Gasteiger charge is 2.21. The predicted molar refractivity (Wildman–Crippen MR) is 83.2 cm³/mol. The molecule has 1 aromatic carbocycles. The number of aryl methyl sites for hydroxylation is 1. The van der Waals surface area contributed by atoms with Crippen molar-refractivity contribution in [2.24, 2.45) is 0 Å². The number of likely N-dealkylation sites (N-methyl/N-ethyl adjacent to an activating group) is 1. The number of anilines is 1. The third kappa shape index (κ3) is 3.02. The predicted octanol–water partition coefficient (Wildman–Crippen LogP) is 1.63. The number of pyridine rings is 1. The van der Waals surface area contributed by atoms with E-state index in [-0.39, 0.29) is 23.1 Å². The van der Waals surface area contributed by atoms with E-state index in [0.717, 1.165) is 12.3 Å². The zero-order chi connectivity index (χ0) is 17.1. The third-order valence-corrected chi connectivity index (χ3v) is 3.50. The fourth-order valence-corrected chi connectivity index (χ4v) is 2.36. The summed E-state index contributed by atoms with van der Waals surface area (Å²) in [6.07, 6.45) is 1.07. The zero-order valence-electron chi connectivity index (χ0n) is 12.7. The van der Waals surface area contributed by atoms with Crippen molar-refractivity contribution in [1.82, 2.24) is 9.88 Å². The van der Waals surface area contributed by atoms with Gasteiger partial charge < -0.3 is 20.3 Å². The summed E-state index contributed by atoms with van der Waals surface area (Å²) in [6, 6.07) is 0.876. The van der Waals surface area contributed by atoms with Gasteiger partial charge >= 0.3 is 5.97 Å². The lowest BCUT2D eigenvalue weighted by molar-refractivity contribution is 0.0695. The maximum Gasteiger partial charge on any atom is 0.341 e. The second-order valence-corrected chi connectivity index (χ2v) is 4.94. The van der Waals surface area contributed by atoms with Gasteiger partial charge in [-0.15, -0.1) is 0 Å². The molecule has 1 aromatic heterocycles. The molecule has 6 nitrogen and oxygen atoms in total. The Balaban J connectivity index is 2.76. The molecule has 0 bridgehead atoms. The van der Waals surface area contributed by atoms with Gasteiger partial charge in [0.1, 0.15) is 17.1 Å². The average molecular weight is 325 g/mol. The van der Waals surface area contributed by atoms with E-state index in [1.54, 1.807) is 14.0 Å². The molecule has 0 aliphatic rings. The van der Waals surface area contributed by atoms with Crippen molar-refractivity contribution in [1.29, 1.82) is 0 Å². The van der Waals surface area contributed by atoms with Crippen LogP contribution in [-0.2, 0) is 6.54 Å². The summed E-state index contributed by atoms with van der Waals surface area (Å²) in [4.78, 5) is 23.3. The summed E-state index contributed by atoms with van der Waals surface area (Å²) in [5.74, 6) is -3.28. The molecule has 0 saturated heterocycles. The van der Waals surface area contributed by atoms with Crippen LogP contribution in [0.1, 0.15) is 17.3 Å². The third-order valence-electron chi connectivity index (χ3n) is 3.50. The number of nitrogens with one attached hydrogen (secondary N) is 2. The Morgan fingerprint density at radius 3 is 2.61 bits per heavy atom. The molecule has 0 fully saturated rings. The van der Waals surface area contributed by atoms with Crippen LogP contribution in [0.2, 0.25) is 0 Å². The molecular formula is C15H17F2N3O3. The normalized spacial score (nSPS) is 11.0. The van der Waals surface area contributed by atoms with Gasteiger partial charge in [0.2, 0.25) is 5.43 Å². The molecule has 124 valence electrons. The molecule has 0 saturated carbocycles. The highest BCUT2D eigenvalue weighted by Crippen LogP contribution is 2.26. The summed E-state index contributed by atoms with van der Waals surface area (Å²) in [5, 5.41) is 14.2. The number of fused-ring (bicyclic) bond motifs is 1. The van der Waals surface area contributed by atoms with Crippen molar-refractivity contribution in [3.63, 3.8) is 0 Å². The minimum atomic E-state index is -1.43. The SMILES string of the molecule is CCn1cc(C(=O)O)c(=O)c2cc(F)c(NCCNC)c(F)c21. The number of hydrogen-bond donors (Lipinski definition) is 3. The first-order valence-electron chi connectivity index (χ1n) is 7.09. The number of rotatable bonds is 6. The van der Waals surface area contributed by atoms with Crippen LogP contribution in [0.4, 0.5) is 14.5 Å². The van der Waals surface area contributed by atoms with Crippen LogP contribution in [0, 0.1) is 11.6 Å². The van der Waals surface area contributed by atoms with Crippen molar-refractivity contribution in [2.75, 3.05) is 25.5 Å². The van der Waals surface area contributed by atoms with Gasteiger partial charge in [-0.1, -0.05) is 0 Å². The Labute approximate surface area is 130 Å². The van der Waals surface area contributed by atoms with Crippen molar-refractivity contribution < 1.29 is 18.7 Å². The molecule has 3 N–H and O–H groups in total. The Kier molecular flexibility index (Phi) is 4.95. The first kappa shape index (κ1) is 16.9. The summed E-state index contributed by atoms with van der Waals surface area (Å²) in [5.41, 5.74) is -1.88. The minimum Gasteiger partial charge on any atom is -0.477 e. The summed E-state index contributed by atoms with van der Waals surface area (Å²) < 4.78 is 30.1. The molecule has 8 heteroatoms. The quantitative estimate of drug-likeness (QED) is 0.703. The smallest absolute Gasteiger partial charge is 0.341 e. The maximum absolute atomic E-state index is 14.7. The van der Waals surface area contributed by atoms with Gasteiger partial charge in [0.25, 0.3) is 0 Å². The molecule has 0 aliphatic carbocycles. The lowest BCUT2D eigenvalue weighted by atomic mass is 10.1. The molecule has 0 spiro atoms. The summed E-state index contributed by atoms with van der Waals surface area (Å²) in [7, 11) is 1.71. The van der Waals surface area contributed by atoms with E-state index >= 15 is 0 Å². The number of benzene rings is 1. The lowest BCUT2D eigenvalue weighted by Crippen LogP contribution is -2.22. The number of aromatic nitrogens is 1. The second-order valence-electron chi connectivity index (χ2n) is 4.94. The number of carboxylic acid groups (broad SMARTS) is 1. The van der Waals surface area contributed by atoms with Crippen LogP contribution < -0.4 is 16.1 Å². The lowest BCUT2D eigenvalue weighted by Gasteiger charge is -2.15. The van der Waals surface area contributed by atoms with Gasteiger partial charge in [-0.3, -0.25) is 4.79 Å². The fraction of sp³-hybridized carbons (Fsp3) is 0.333. The van der Waals surface area contributed by atoms with Gasteiger partial charge in [0.05, 0.1) is 10.9 Å². The van der Waals surface area contributed by atoms with E-state index < -0.39 is 28.6 Å². The van der Waals surface area contributed by atoms with Gasteiger partial charge in [-0.05, 0) is 20.0 Å². The van der Waals surface area contributed by atoms with E-state index in [1.807, 2.05) is 0 Å². The van der Waals surface area contributed by atoms with Gasteiger partial charge in [0, 0.05) is 25.8 Å². The number of carboxylic acids is 1. The summed E-state index contributed by atoms with van der Waals surface area (Å²) in [6.45, 7) is 2.69. The summed E-state index contributed by atoms with van der Waals surface area (Å²) >= 11 is 0. The van der Waals surface area contributed by atoms with Crippen molar-refractivity contribution in [3.8, 4) is 0 Å². The van der Waals surface area contributed by atoms with E-state index in [0.29, 0.717) is 13.1 Å². The van der Waals surface area contributed by atoms with Crippen LogP contribution in [-0.4, -0.2) is 35.8 Å². The van der Waals surface area contributed by atoms with Crippen LogP contribution >= 0.6 is 0 Å². The molecule has 0 amide bonds. The van der Waals surface area contributed by atoms with E-state index in [4.69, 9.17) is 5.11 Å². The molecular weight excluding hydrogens is 308 g/mol. The first-order valence-corrected chi connectivity index (χ1v) is 7.09. The van der Waals surface area contributed by atoms with Crippen molar-refractivity contribution in [2.45, 2.75) is 13.5 Å². The average Bonchev–Trinajstić information content (AvgIpc) is 2.51. The van der Waals surface area contributed by atoms with Gasteiger partial charge in [0.15, 0.2) is 5.82 Å². The molecule has 23 heavy (non-hydrogen) atoms. The highest BCUT2D eigenvalue weighted by molar-refractivity contribution is 5.93. The minimum absolute atomic E-state index is 0.115. The standard InChI is InChI=1S/C15H17F2N3O3/c1-3-20-7-9(15(22)23)14(21)8-6-10(16)12(11(17)13(8)20)19-5-4-18-2/h6-7,18-19H,3-5H2,1-2H3,(H,22,23). The molecule has 1 heterocycles. The molecule has 2 rings (SSSR count). The Hall–Kier alpha value is -2.48. The van der Waals surface area contributed by atoms with E-state index in [1.165, 1.54) is 4.57 Å². The fourth-order valence-electron chi connectivity index (χ4n) is 2.36. The van der Waals surface area contributed by atoms with Crippen LogP contribution in [0.3, 0.4) is 0 Å². The van der Waals surface area contributed by atoms with E-state index in [9.17, 15) is 18.4 Å². The molecule has 2 aromatic rings. The number of halogens is 2. The van der Waals surface area contributed by atoms with Crippen molar-refractivity contribution in [3.05, 3.63) is 39.7 Å². The molecule has 0 radical (unpaired) electrons. The topological polar surface area (TPSA) is 83.4 Å². The largest absolute Gasteiger partial charge is 0.477 e. The van der Waals surface area contributed by atoms with E-state index in [2.05, 4.69) is 10.6 Å². The van der Waals surface area contributed by atoms with Gasteiger partial charge in [-0.2, -0.15) is 0 Å². The highest BCUT2D eigenvalue weighted by atomic mass is 19.1. The number of aromatic carboxylic acids is 1. The Bertz CT molecular complexity index is 818. The van der Waals surface area contributed by atoms with Crippen LogP contribution in [0.25, 0.3) is 10.9 Å². The monoisotopic (exact) mass is 325 g/mol. The molecule has 0 atom stereocenters.